The number of thioether (sulfide) groups is 1. The van der Waals surface area contributed by atoms with E-state index in [-0.39, 0.29) is 23.5 Å². The molecule has 0 spiro atoms. The molecular weight excluding hydrogens is 266 g/mol. The van der Waals surface area contributed by atoms with E-state index in [0.717, 1.165) is 5.56 Å². The van der Waals surface area contributed by atoms with Crippen molar-refractivity contribution >= 4 is 29.1 Å². The van der Waals surface area contributed by atoms with Crippen molar-refractivity contribution in [1.82, 2.24) is 5.32 Å². The molecule has 0 aliphatic carbocycles. The van der Waals surface area contributed by atoms with E-state index in [1.807, 2.05) is 0 Å². The van der Waals surface area contributed by atoms with Gasteiger partial charge in [0.1, 0.15) is 5.75 Å². The monoisotopic (exact) mass is 279 g/mol. The Bertz CT molecular complexity index is 513. The molecule has 6 nitrogen and oxygen atoms in total. The average molecular weight is 279 g/mol. The molecule has 0 bridgehead atoms. The van der Waals surface area contributed by atoms with Gasteiger partial charge in [-0.05, 0) is 36.2 Å². The van der Waals surface area contributed by atoms with Crippen LogP contribution in [-0.2, 0) is 4.79 Å². The van der Waals surface area contributed by atoms with Crippen LogP contribution in [0, 0.1) is 0 Å². The number of carbonyl (C=O) groups is 1. The minimum Gasteiger partial charge on any atom is -0.508 e. The van der Waals surface area contributed by atoms with Crippen LogP contribution in [-0.4, -0.2) is 39.4 Å². The Morgan fingerprint density at radius 1 is 1.37 bits per heavy atom. The van der Waals surface area contributed by atoms with Crippen molar-refractivity contribution in [3.05, 3.63) is 29.8 Å². The third kappa shape index (κ3) is 3.80. The molecule has 1 heterocycles. The Labute approximate surface area is 114 Å². The van der Waals surface area contributed by atoms with Crippen molar-refractivity contribution < 1.29 is 15.0 Å². The summed E-state index contributed by atoms with van der Waals surface area (Å²) in [4.78, 5) is 11.4. The van der Waals surface area contributed by atoms with E-state index in [2.05, 4.69) is 15.5 Å². The number of phenols is 1. The van der Waals surface area contributed by atoms with Gasteiger partial charge in [-0.15, -0.1) is 5.10 Å². The van der Waals surface area contributed by atoms with E-state index in [4.69, 9.17) is 10.2 Å². The SMILES string of the molecule is O=C1N/C(=N\N=C\c2ccc(O)cc2)SC1CCO. The summed E-state index contributed by atoms with van der Waals surface area (Å²) < 4.78 is 0. The minimum absolute atomic E-state index is 0.0326. The van der Waals surface area contributed by atoms with E-state index in [0.29, 0.717) is 11.6 Å². The summed E-state index contributed by atoms with van der Waals surface area (Å²) in [5.41, 5.74) is 0.795. The lowest BCUT2D eigenvalue weighted by molar-refractivity contribution is -0.119. The van der Waals surface area contributed by atoms with Gasteiger partial charge in [0.15, 0.2) is 5.17 Å². The third-order valence-electron chi connectivity index (χ3n) is 2.42. The van der Waals surface area contributed by atoms with Crippen LogP contribution in [0.4, 0.5) is 0 Å². The van der Waals surface area contributed by atoms with Crippen molar-refractivity contribution in [2.75, 3.05) is 6.61 Å². The largest absolute Gasteiger partial charge is 0.508 e. The van der Waals surface area contributed by atoms with Gasteiger partial charge in [-0.2, -0.15) is 5.10 Å². The molecule has 1 aromatic rings. The van der Waals surface area contributed by atoms with Gasteiger partial charge in [-0.25, -0.2) is 0 Å². The second kappa shape index (κ2) is 6.35. The number of aliphatic hydroxyl groups excluding tert-OH is 1. The summed E-state index contributed by atoms with van der Waals surface area (Å²) in [6.45, 7) is -0.0326. The maximum Gasteiger partial charge on any atom is 0.239 e. The van der Waals surface area contributed by atoms with Crippen molar-refractivity contribution in [3.63, 3.8) is 0 Å². The zero-order valence-corrected chi connectivity index (χ0v) is 10.8. The molecule has 1 saturated heterocycles. The van der Waals surface area contributed by atoms with Crippen LogP contribution in [0.2, 0.25) is 0 Å². The standard InChI is InChI=1S/C12H13N3O3S/c16-6-5-10-11(18)14-12(19-10)15-13-7-8-1-3-9(17)4-2-8/h1-4,7,10,16-17H,5-6H2,(H,14,15,18)/b13-7+. The molecule has 2 rings (SSSR count). The number of nitrogens with zero attached hydrogens (tertiary/aromatic N) is 2. The van der Waals surface area contributed by atoms with Gasteiger partial charge in [0.05, 0.1) is 11.5 Å². The lowest BCUT2D eigenvalue weighted by Gasteiger charge is -1.98. The number of nitrogens with one attached hydrogen (secondary N) is 1. The van der Waals surface area contributed by atoms with Crippen LogP contribution in [0.15, 0.2) is 34.5 Å². The lowest BCUT2D eigenvalue weighted by atomic mass is 10.2. The molecule has 1 fully saturated rings. The van der Waals surface area contributed by atoms with E-state index in [9.17, 15) is 4.79 Å². The van der Waals surface area contributed by atoms with E-state index >= 15 is 0 Å². The van der Waals surface area contributed by atoms with Gasteiger partial charge in [-0.3, -0.25) is 4.79 Å². The summed E-state index contributed by atoms with van der Waals surface area (Å²) >= 11 is 1.26. The van der Waals surface area contributed by atoms with Gasteiger partial charge in [0.25, 0.3) is 0 Å². The highest BCUT2D eigenvalue weighted by Gasteiger charge is 2.29. The van der Waals surface area contributed by atoms with Crippen LogP contribution in [0.1, 0.15) is 12.0 Å². The first-order valence-electron chi connectivity index (χ1n) is 5.67. The van der Waals surface area contributed by atoms with Crippen LogP contribution in [0.5, 0.6) is 5.75 Å². The Morgan fingerprint density at radius 2 is 2.11 bits per heavy atom. The molecule has 1 unspecified atom stereocenters. The molecule has 0 aromatic heterocycles. The molecule has 1 aromatic carbocycles. The number of rotatable bonds is 4. The highest BCUT2D eigenvalue weighted by atomic mass is 32.2. The van der Waals surface area contributed by atoms with Gasteiger partial charge in [0.2, 0.25) is 5.91 Å². The van der Waals surface area contributed by atoms with E-state index in [1.54, 1.807) is 24.3 Å². The summed E-state index contributed by atoms with van der Waals surface area (Å²) in [6, 6.07) is 6.51. The molecule has 1 amide bonds. The fraction of sp³-hybridized carbons (Fsp3) is 0.250. The number of carbonyl (C=O) groups excluding carboxylic acids is 1. The number of amides is 1. The highest BCUT2D eigenvalue weighted by molar-refractivity contribution is 8.15. The molecule has 0 radical (unpaired) electrons. The summed E-state index contributed by atoms with van der Waals surface area (Å²) in [7, 11) is 0. The van der Waals surface area contributed by atoms with Crippen LogP contribution in [0.3, 0.4) is 0 Å². The Hall–Kier alpha value is -1.86. The number of amidine groups is 1. The van der Waals surface area contributed by atoms with Crippen molar-refractivity contribution in [2.24, 2.45) is 10.2 Å². The van der Waals surface area contributed by atoms with Gasteiger partial charge >= 0.3 is 0 Å². The Balaban J connectivity index is 1.96. The second-order valence-electron chi connectivity index (χ2n) is 3.85. The van der Waals surface area contributed by atoms with Crippen molar-refractivity contribution in [1.29, 1.82) is 0 Å². The molecule has 7 heteroatoms. The van der Waals surface area contributed by atoms with E-state index < -0.39 is 0 Å². The molecule has 100 valence electrons. The number of aromatic hydroxyl groups is 1. The first kappa shape index (κ1) is 13.6. The lowest BCUT2D eigenvalue weighted by Crippen LogP contribution is -2.25. The third-order valence-corrected chi connectivity index (χ3v) is 3.56. The fourth-order valence-corrected chi connectivity index (χ4v) is 2.38. The molecule has 19 heavy (non-hydrogen) atoms. The molecule has 1 atom stereocenters. The molecule has 1 aliphatic heterocycles. The van der Waals surface area contributed by atoms with Gasteiger partial charge in [0, 0.05) is 6.61 Å². The van der Waals surface area contributed by atoms with Gasteiger partial charge in [-0.1, -0.05) is 11.8 Å². The number of benzene rings is 1. The molecule has 0 saturated carbocycles. The van der Waals surface area contributed by atoms with Crippen molar-refractivity contribution in [2.45, 2.75) is 11.7 Å². The number of aliphatic hydroxyl groups is 1. The summed E-state index contributed by atoms with van der Waals surface area (Å²) in [5.74, 6) is 0.0338. The first-order chi connectivity index (χ1) is 9.19. The van der Waals surface area contributed by atoms with Crippen LogP contribution >= 0.6 is 11.8 Å². The topological polar surface area (TPSA) is 94.3 Å². The Morgan fingerprint density at radius 3 is 2.79 bits per heavy atom. The highest BCUT2D eigenvalue weighted by Crippen LogP contribution is 2.21. The normalized spacial score (nSPS) is 21.2. The predicted octanol–water partition coefficient (Wildman–Crippen LogP) is 0.696. The quantitative estimate of drug-likeness (QED) is 0.558. The smallest absolute Gasteiger partial charge is 0.239 e. The molecular formula is C12H13N3O3S. The van der Waals surface area contributed by atoms with Crippen LogP contribution in [0.25, 0.3) is 0 Å². The zero-order chi connectivity index (χ0) is 13.7. The maximum atomic E-state index is 11.4. The number of phenolic OH excluding ortho intramolecular Hbond substituents is 1. The minimum atomic E-state index is -0.298. The summed E-state index contributed by atoms with van der Waals surface area (Å²) in [6.07, 6.45) is 1.93. The number of hydrogen-bond acceptors (Lipinski definition) is 6. The number of hydrogen-bond donors (Lipinski definition) is 3. The zero-order valence-electron chi connectivity index (χ0n) is 9.98. The molecule has 3 N–H and O–H groups in total. The van der Waals surface area contributed by atoms with Crippen molar-refractivity contribution in [3.8, 4) is 5.75 Å². The fourth-order valence-electron chi connectivity index (χ4n) is 1.47. The van der Waals surface area contributed by atoms with Gasteiger partial charge < -0.3 is 15.5 Å². The van der Waals surface area contributed by atoms with Crippen LogP contribution < -0.4 is 5.32 Å². The maximum absolute atomic E-state index is 11.4. The predicted molar refractivity (Wildman–Crippen MR) is 74.4 cm³/mol. The summed E-state index contributed by atoms with van der Waals surface area (Å²) in [5, 5.41) is 28.4. The Kier molecular flexibility index (Phi) is 4.53. The average Bonchev–Trinajstić information content (AvgIpc) is 2.73. The molecule has 1 aliphatic rings. The second-order valence-corrected chi connectivity index (χ2v) is 5.04. The van der Waals surface area contributed by atoms with E-state index in [1.165, 1.54) is 18.0 Å². The first-order valence-corrected chi connectivity index (χ1v) is 6.55.